The number of benzene rings is 2. The molecule has 0 radical (unpaired) electrons. The molecule has 2 aromatic carbocycles. The van der Waals surface area contributed by atoms with Crippen LogP contribution >= 0.6 is 0 Å². The first-order valence-electron chi connectivity index (χ1n) is 7.59. The first kappa shape index (κ1) is 15.2. The van der Waals surface area contributed by atoms with Crippen LogP contribution in [0.3, 0.4) is 0 Å². The Balaban J connectivity index is 0.000000774. The fraction of sp³-hybridized carbons (Fsp3) is 0.263. The normalized spacial score (nSPS) is 10.1. The predicted molar refractivity (Wildman–Crippen MR) is 90.4 cm³/mol. The minimum absolute atomic E-state index is 0.947. The molecule has 3 rings (SSSR count). The van der Waals surface area contributed by atoms with Crippen molar-refractivity contribution in [2.75, 3.05) is 0 Å². The molecular weight excluding hydrogens is 256 g/mol. The maximum Gasteiger partial charge on any atom is 0.0893 e. The van der Waals surface area contributed by atoms with Crippen LogP contribution in [0.2, 0.25) is 0 Å². The molecule has 0 atom stereocenters. The van der Waals surface area contributed by atoms with Crippen molar-refractivity contribution < 1.29 is 0 Å². The van der Waals surface area contributed by atoms with Gasteiger partial charge in [-0.3, -0.25) is 4.98 Å². The summed E-state index contributed by atoms with van der Waals surface area (Å²) in [6.45, 7) is 8.13. The number of fused-ring (bicyclic) bond motifs is 1. The minimum Gasteiger partial charge on any atom is -0.253 e. The van der Waals surface area contributed by atoms with Crippen LogP contribution < -0.4 is 0 Å². The van der Waals surface area contributed by atoms with Crippen LogP contribution in [0.5, 0.6) is 0 Å². The van der Waals surface area contributed by atoms with Crippen LogP contribution in [-0.2, 0) is 6.42 Å². The molecule has 0 fully saturated rings. The summed E-state index contributed by atoms with van der Waals surface area (Å²) < 4.78 is 0. The lowest BCUT2D eigenvalue weighted by Crippen LogP contribution is -1.88. The van der Waals surface area contributed by atoms with Crippen LogP contribution in [0.25, 0.3) is 22.2 Å². The summed E-state index contributed by atoms with van der Waals surface area (Å²) in [5.41, 5.74) is 6.62. The first-order chi connectivity index (χ1) is 10.3. The third-order valence-corrected chi connectivity index (χ3v) is 3.36. The van der Waals surface area contributed by atoms with E-state index in [1.165, 1.54) is 16.7 Å². The molecule has 3 aromatic rings. The van der Waals surface area contributed by atoms with Crippen LogP contribution in [-0.4, -0.2) is 9.97 Å². The Morgan fingerprint density at radius 2 is 1.52 bits per heavy atom. The summed E-state index contributed by atoms with van der Waals surface area (Å²) in [5.74, 6) is 0. The van der Waals surface area contributed by atoms with E-state index in [9.17, 15) is 0 Å². The molecule has 0 aliphatic heterocycles. The molecular formula is C19H22N2. The monoisotopic (exact) mass is 278 g/mol. The highest BCUT2D eigenvalue weighted by Crippen LogP contribution is 2.23. The summed E-state index contributed by atoms with van der Waals surface area (Å²) in [7, 11) is 0. The Kier molecular flexibility index (Phi) is 5.04. The molecule has 0 saturated carbocycles. The van der Waals surface area contributed by atoms with Crippen molar-refractivity contribution in [1.29, 1.82) is 0 Å². The fourth-order valence-corrected chi connectivity index (χ4v) is 2.22. The van der Waals surface area contributed by atoms with Crippen LogP contribution in [0.15, 0.2) is 48.7 Å². The number of hydrogen-bond acceptors (Lipinski definition) is 2. The lowest BCUT2D eigenvalue weighted by Gasteiger charge is -2.05. The Hall–Kier alpha value is -2.22. The Morgan fingerprint density at radius 1 is 0.857 bits per heavy atom. The van der Waals surface area contributed by atoms with Crippen molar-refractivity contribution in [2.45, 2.75) is 34.1 Å². The van der Waals surface area contributed by atoms with Crippen LogP contribution in [0.4, 0.5) is 0 Å². The number of nitrogens with zero attached hydrogens (tertiary/aromatic N) is 2. The number of aryl methyl sites for hydroxylation is 2. The van der Waals surface area contributed by atoms with Crippen LogP contribution in [0.1, 0.15) is 32.0 Å². The Labute approximate surface area is 126 Å². The highest BCUT2D eigenvalue weighted by molar-refractivity contribution is 5.81. The SMILES string of the molecule is CC.CCc1ccc(-c2ccc3nc(C)cnc3c2)cc1. The van der Waals surface area contributed by atoms with Crippen molar-refractivity contribution in [2.24, 2.45) is 0 Å². The van der Waals surface area contributed by atoms with Gasteiger partial charge in [-0.15, -0.1) is 0 Å². The second-order valence-electron chi connectivity index (χ2n) is 4.77. The lowest BCUT2D eigenvalue weighted by atomic mass is 10.0. The van der Waals surface area contributed by atoms with Crippen LogP contribution in [0, 0.1) is 6.92 Å². The van der Waals surface area contributed by atoms with Crippen molar-refractivity contribution in [1.82, 2.24) is 9.97 Å². The van der Waals surface area contributed by atoms with E-state index in [0.29, 0.717) is 0 Å². The van der Waals surface area contributed by atoms with Crippen molar-refractivity contribution >= 4 is 11.0 Å². The zero-order valence-corrected chi connectivity index (χ0v) is 13.2. The molecule has 1 heterocycles. The van der Waals surface area contributed by atoms with Gasteiger partial charge in [0, 0.05) is 6.20 Å². The predicted octanol–water partition coefficient (Wildman–Crippen LogP) is 5.19. The lowest BCUT2D eigenvalue weighted by molar-refractivity contribution is 1.14. The number of rotatable bonds is 2. The van der Waals surface area contributed by atoms with Gasteiger partial charge in [0.25, 0.3) is 0 Å². The maximum absolute atomic E-state index is 4.48. The average molecular weight is 278 g/mol. The van der Waals surface area contributed by atoms with Gasteiger partial charge < -0.3 is 0 Å². The average Bonchev–Trinajstić information content (AvgIpc) is 2.56. The first-order valence-corrected chi connectivity index (χ1v) is 7.59. The van der Waals surface area contributed by atoms with Gasteiger partial charge in [-0.25, -0.2) is 4.98 Å². The zero-order valence-electron chi connectivity index (χ0n) is 13.2. The van der Waals surface area contributed by atoms with E-state index in [2.05, 4.69) is 53.3 Å². The van der Waals surface area contributed by atoms with E-state index in [1.54, 1.807) is 0 Å². The molecule has 0 amide bonds. The van der Waals surface area contributed by atoms with E-state index < -0.39 is 0 Å². The zero-order chi connectivity index (χ0) is 15.2. The molecule has 0 bridgehead atoms. The number of hydrogen-bond donors (Lipinski definition) is 0. The van der Waals surface area contributed by atoms with Gasteiger partial charge in [-0.2, -0.15) is 0 Å². The third-order valence-electron chi connectivity index (χ3n) is 3.36. The molecule has 108 valence electrons. The van der Waals surface area contributed by atoms with E-state index in [-0.39, 0.29) is 0 Å². The standard InChI is InChI=1S/C17H16N2.C2H6/c1-3-13-4-6-14(7-5-13)15-8-9-16-17(10-15)18-11-12(2)19-16;1-2/h4-11H,3H2,1-2H3;1-2H3. The Bertz CT molecular complexity index is 715. The minimum atomic E-state index is 0.947. The summed E-state index contributed by atoms with van der Waals surface area (Å²) >= 11 is 0. The van der Waals surface area contributed by atoms with Gasteiger partial charge in [0.15, 0.2) is 0 Å². The highest BCUT2D eigenvalue weighted by Gasteiger charge is 2.02. The molecule has 0 aliphatic carbocycles. The molecule has 0 unspecified atom stereocenters. The highest BCUT2D eigenvalue weighted by atomic mass is 14.8. The Morgan fingerprint density at radius 3 is 2.19 bits per heavy atom. The molecule has 0 N–H and O–H groups in total. The summed E-state index contributed by atoms with van der Waals surface area (Å²) in [4.78, 5) is 8.91. The van der Waals surface area contributed by atoms with E-state index in [1.807, 2.05) is 33.0 Å². The summed E-state index contributed by atoms with van der Waals surface area (Å²) in [5, 5.41) is 0. The second kappa shape index (κ2) is 6.98. The largest absolute Gasteiger partial charge is 0.253 e. The summed E-state index contributed by atoms with van der Waals surface area (Å²) in [6, 6.07) is 14.9. The van der Waals surface area contributed by atoms with Gasteiger partial charge in [0.2, 0.25) is 0 Å². The second-order valence-corrected chi connectivity index (χ2v) is 4.77. The maximum atomic E-state index is 4.48. The van der Waals surface area contributed by atoms with Gasteiger partial charge in [0.1, 0.15) is 0 Å². The molecule has 2 nitrogen and oxygen atoms in total. The molecule has 0 saturated heterocycles. The number of aromatic nitrogens is 2. The van der Waals surface area contributed by atoms with E-state index >= 15 is 0 Å². The quantitative estimate of drug-likeness (QED) is 0.644. The fourth-order valence-electron chi connectivity index (χ4n) is 2.22. The smallest absolute Gasteiger partial charge is 0.0893 e. The van der Waals surface area contributed by atoms with Gasteiger partial charge in [-0.1, -0.05) is 51.1 Å². The van der Waals surface area contributed by atoms with Gasteiger partial charge in [0.05, 0.1) is 16.7 Å². The summed E-state index contributed by atoms with van der Waals surface area (Å²) in [6.07, 6.45) is 2.88. The van der Waals surface area contributed by atoms with Crippen molar-refractivity contribution in [3.8, 4) is 11.1 Å². The van der Waals surface area contributed by atoms with E-state index in [0.717, 1.165) is 23.1 Å². The molecule has 21 heavy (non-hydrogen) atoms. The third kappa shape index (κ3) is 3.46. The molecule has 1 aromatic heterocycles. The molecule has 0 spiro atoms. The van der Waals surface area contributed by atoms with Gasteiger partial charge >= 0.3 is 0 Å². The van der Waals surface area contributed by atoms with Crippen molar-refractivity contribution in [3.05, 3.63) is 59.9 Å². The molecule has 0 aliphatic rings. The van der Waals surface area contributed by atoms with Crippen molar-refractivity contribution in [3.63, 3.8) is 0 Å². The molecule has 2 heteroatoms. The van der Waals surface area contributed by atoms with Gasteiger partial charge in [-0.05, 0) is 42.2 Å². The topological polar surface area (TPSA) is 25.8 Å². The van der Waals surface area contributed by atoms with E-state index in [4.69, 9.17) is 0 Å².